The van der Waals surface area contributed by atoms with Crippen LogP contribution >= 0.6 is 0 Å². The summed E-state index contributed by atoms with van der Waals surface area (Å²) in [4.78, 5) is 2.46. The van der Waals surface area contributed by atoms with E-state index >= 15 is 0 Å². The molecule has 0 atom stereocenters. The highest BCUT2D eigenvalue weighted by Crippen LogP contribution is 2.33. The van der Waals surface area contributed by atoms with E-state index in [2.05, 4.69) is 66.2 Å². The molecule has 29 heavy (non-hydrogen) atoms. The number of hydrogen-bond donors (Lipinski definition) is 3. The van der Waals surface area contributed by atoms with Gasteiger partial charge < -0.3 is 15.5 Å². The summed E-state index contributed by atoms with van der Waals surface area (Å²) in [5, 5.41) is 13.4. The smallest absolute Gasteiger partial charge is 0.0840 e. The van der Waals surface area contributed by atoms with Gasteiger partial charge in [-0.3, -0.25) is 5.10 Å². The number of nitrogens with zero attached hydrogens (tertiary/aromatic N) is 2. The lowest BCUT2D eigenvalue weighted by Gasteiger charge is -2.37. The van der Waals surface area contributed by atoms with Crippen LogP contribution in [0, 0.1) is 11.3 Å². The molecule has 2 fully saturated rings. The third kappa shape index (κ3) is 8.09. The Morgan fingerprint density at radius 1 is 1.24 bits per heavy atom. The maximum absolute atomic E-state index is 4.30. The van der Waals surface area contributed by atoms with Crippen molar-refractivity contribution >= 4 is 11.3 Å². The fourth-order valence-electron chi connectivity index (χ4n) is 3.77. The number of anilines is 1. The lowest BCUT2D eigenvalue weighted by molar-refractivity contribution is 0.209. The summed E-state index contributed by atoms with van der Waals surface area (Å²) in [6.07, 6.45) is 10.7. The highest BCUT2D eigenvalue weighted by atomic mass is 15.1. The van der Waals surface area contributed by atoms with E-state index in [0.717, 1.165) is 48.9 Å². The monoisotopic (exact) mass is 399 g/mol. The van der Waals surface area contributed by atoms with Crippen molar-refractivity contribution in [2.24, 2.45) is 11.3 Å². The maximum atomic E-state index is 4.30. The lowest BCUT2D eigenvalue weighted by Crippen LogP contribution is -2.34. The molecule has 1 saturated carbocycles. The molecule has 5 heteroatoms. The third-order valence-electron chi connectivity index (χ3n) is 5.57. The van der Waals surface area contributed by atoms with Crippen molar-refractivity contribution in [1.82, 2.24) is 20.4 Å². The van der Waals surface area contributed by atoms with Crippen molar-refractivity contribution in [3.63, 3.8) is 0 Å². The average molecular weight is 400 g/mol. The number of piperidine rings is 1. The molecule has 0 bridgehead atoms. The highest BCUT2D eigenvalue weighted by molar-refractivity contribution is 5.72. The summed E-state index contributed by atoms with van der Waals surface area (Å²) in [5.74, 6) is 0.677. The first kappa shape index (κ1) is 23.3. The van der Waals surface area contributed by atoms with Gasteiger partial charge in [0, 0.05) is 24.8 Å². The Labute approximate surface area is 177 Å². The molecule has 0 amide bonds. The van der Waals surface area contributed by atoms with E-state index in [4.69, 9.17) is 0 Å². The number of allylic oxidation sites excluding steroid dienone is 2. The molecule has 1 aromatic rings. The van der Waals surface area contributed by atoms with E-state index in [1.807, 2.05) is 7.05 Å². The zero-order chi connectivity index (χ0) is 21.4. The predicted molar refractivity (Wildman–Crippen MR) is 126 cm³/mol. The molecule has 2 aliphatic rings. The minimum absolute atomic E-state index is 0.303. The summed E-state index contributed by atoms with van der Waals surface area (Å²) in [6, 6.07) is 0.884. The van der Waals surface area contributed by atoms with Crippen molar-refractivity contribution in [2.75, 3.05) is 25.5 Å². The summed E-state index contributed by atoms with van der Waals surface area (Å²) in [6.45, 7) is 21.3. The minimum Gasteiger partial charge on any atom is -0.375 e. The Morgan fingerprint density at radius 3 is 2.38 bits per heavy atom. The molecule has 5 nitrogen and oxygen atoms in total. The molecule has 3 N–H and O–H groups in total. The van der Waals surface area contributed by atoms with E-state index in [1.54, 1.807) is 12.4 Å². The number of aromatic amines is 1. The van der Waals surface area contributed by atoms with Crippen LogP contribution in [0.15, 0.2) is 37.8 Å². The first-order chi connectivity index (χ1) is 13.7. The second-order valence-corrected chi connectivity index (χ2v) is 9.61. The Balaban J connectivity index is 0.000000521. The van der Waals surface area contributed by atoms with E-state index < -0.39 is 0 Å². The topological polar surface area (TPSA) is 56.0 Å². The quantitative estimate of drug-likeness (QED) is 0.548. The van der Waals surface area contributed by atoms with Gasteiger partial charge in [0.25, 0.3) is 0 Å². The van der Waals surface area contributed by atoms with Gasteiger partial charge in [-0.15, -0.1) is 0 Å². The van der Waals surface area contributed by atoms with Gasteiger partial charge in [0.2, 0.25) is 0 Å². The van der Waals surface area contributed by atoms with Crippen molar-refractivity contribution in [3.8, 4) is 0 Å². The van der Waals surface area contributed by atoms with Gasteiger partial charge in [-0.1, -0.05) is 40.5 Å². The summed E-state index contributed by atoms with van der Waals surface area (Å²) in [7, 11) is 2.01. The molecule has 2 heterocycles. The van der Waals surface area contributed by atoms with Crippen molar-refractivity contribution in [2.45, 2.75) is 65.3 Å². The normalized spacial score (nSPS) is 17.3. The molecule has 1 saturated heterocycles. The van der Waals surface area contributed by atoms with Gasteiger partial charge in [-0.2, -0.15) is 5.10 Å². The number of aromatic nitrogens is 2. The summed E-state index contributed by atoms with van der Waals surface area (Å²) >= 11 is 0. The molecule has 1 aliphatic heterocycles. The lowest BCUT2D eigenvalue weighted by atomic mass is 9.87. The number of H-pyrrole nitrogens is 1. The zero-order valence-electron chi connectivity index (χ0n) is 19.0. The van der Waals surface area contributed by atoms with Crippen LogP contribution < -0.4 is 10.6 Å². The van der Waals surface area contributed by atoms with Crippen LogP contribution in [0.2, 0.25) is 0 Å². The summed E-state index contributed by atoms with van der Waals surface area (Å²) < 4.78 is 0. The van der Waals surface area contributed by atoms with Crippen molar-refractivity contribution in [1.29, 1.82) is 0 Å². The van der Waals surface area contributed by atoms with Gasteiger partial charge >= 0.3 is 0 Å². The van der Waals surface area contributed by atoms with Gasteiger partial charge in [-0.25, -0.2) is 0 Å². The van der Waals surface area contributed by atoms with Crippen LogP contribution in [0.1, 0.15) is 65.0 Å². The van der Waals surface area contributed by atoms with Crippen LogP contribution in [-0.2, 0) is 0 Å². The number of rotatable bonds is 8. The molecule has 1 aromatic heterocycles. The van der Waals surface area contributed by atoms with Crippen LogP contribution in [0.5, 0.6) is 0 Å². The molecule has 0 aromatic carbocycles. The van der Waals surface area contributed by atoms with Gasteiger partial charge in [0.05, 0.1) is 17.6 Å². The Hall–Kier alpha value is -2.01. The second-order valence-electron chi connectivity index (χ2n) is 9.61. The molecule has 0 spiro atoms. The fourth-order valence-corrected chi connectivity index (χ4v) is 3.77. The fraction of sp³-hybridized carbons (Fsp3) is 0.625. The standard InChI is InChI=1S/C20H32N4.C4H9N/c1-7-21-18-14-22-23-19(18)15(2)12-17-8-10-24(11-9-17)16(3)13-20(4,5)6;1-5-4-2-3-4/h7,14,17,21H,1-3,8-13H2,4-6H3,(H,22,23);4-5H,2-3H2,1H3. The van der Waals surface area contributed by atoms with Crippen molar-refractivity contribution < 1.29 is 0 Å². The van der Waals surface area contributed by atoms with E-state index in [-0.39, 0.29) is 0 Å². The molecule has 0 unspecified atom stereocenters. The molecule has 0 radical (unpaired) electrons. The second kappa shape index (κ2) is 10.7. The Morgan fingerprint density at radius 2 is 1.90 bits per heavy atom. The number of hydrogen-bond acceptors (Lipinski definition) is 4. The zero-order valence-corrected chi connectivity index (χ0v) is 19.0. The summed E-state index contributed by atoms with van der Waals surface area (Å²) in [5.41, 5.74) is 4.65. The van der Waals surface area contributed by atoms with Crippen molar-refractivity contribution in [3.05, 3.63) is 43.5 Å². The average Bonchev–Trinajstić information content (AvgIpc) is 3.39. The van der Waals surface area contributed by atoms with Gasteiger partial charge in [0.1, 0.15) is 0 Å². The van der Waals surface area contributed by atoms with Crippen LogP contribution in [0.25, 0.3) is 5.57 Å². The molecule has 162 valence electrons. The molecular formula is C24H41N5. The largest absolute Gasteiger partial charge is 0.375 e. The SMILES string of the molecule is C=CNc1cn[nH]c1C(=C)CC1CCN(C(=C)CC(C)(C)C)CC1.CNC1CC1. The van der Waals surface area contributed by atoms with Gasteiger partial charge in [0.15, 0.2) is 0 Å². The Kier molecular flexibility index (Phi) is 8.57. The molecular weight excluding hydrogens is 358 g/mol. The van der Waals surface area contributed by atoms with E-state index in [0.29, 0.717) is 11.3 Å². The van der Waals surface area contributed by atoms with Crippen LogP contribution in [0.4, 0.5) is 5.69 Å². The molecule has 1 aliphatic carbocycles. The molecule has 3 rings (SSSR count). The first-order valence-electron chi connectivity index (χ1n) is 10.9. The maximum Gasteiger partial charge on any atom is 0.0840 e. The number of likely N-dealkylation sites (tertiary alicyclic amines) is 1. The number of nitrogens with one attached hydrogen (secondary N) is 3. The van der Waals surface area contributed by atoms with E-state index in [9.17, 15) is 0 Å². The first-order valence-corrected chi connectivity index (χ1v) is 10.9. The third-order valence-corrected chi connectivity index (χ3v) is 5.57. The van der Waals surface area contributed by atoms with Crippen LogP contribution in [-0.4, -0.2) is 41.3 Å². The van der Waals surface area contributed by atoms with E-state index in [1.165, 1.54) is 31.4 Å². The van der Waals surface area contributed by atoms with Crippen LogP contribution in [0.3, 0.4) is 0 Å². The highest BCUT2D eigenvalue weighted by Gasteiger charge is 2.23. The van der Waals surface area contributed by atoms with Gasteiger partial charge in [-0.05, 0) is 68.7 Å². The predicted octanol–water partition coefficient (Wildman–Crippen LogP) is 5.40. The Bertz CT molecular complexity index is 670. The minimum atomic E-state index is 0.303.